The van der Waals surface area contributed by atoms with Gasteiger partial charge in [0.15, 0.2) is 5.13 Å². The van der Waals surface area contributed by atoms with E-state index in [0.717, 1.165) is 52.6 Å². The number of carbonyl (C=O) groups excluding carboxylic acids is 1. The van der Waals surface area contributed by atoms with E-state index >= 15 is 0 Å². The van der Waals surface area contributed by atoms with Crippen LogP contribution < -0.4 is 26.8 Å². The van der Waals surface area contributed by atoms with E-state index in [4.69, 9.17) is 0 Å². The number of hydrogen-bond donors (Lipinski definition) is 2. The zero-order chi connectivity index (χ0) is 26.7. The number of aryl methyl sites for hydroxylation is 2. The lowest BCUT2D eigenvalue weighted by Crippen LogP contribution is -2.52. The van der Waals surface area contributed by atoms with E-state index in [1.165, 1.54) is 23.0 Å². The number of piperazine rings is 1. The highest BCUT2D eigenvalue weighted by Gasteiger charge is 2.38. The van der Waals surface area contributed by atoms with Gasteiger partial charge >= 0.3 is 5.69 Å². The molecule has 3 atom stereocenters. The van der Waals surface area contributed by atoms with Crippen LogP contribution in [0.2, 0.25) is 0 Å². The Morgan fingerprint density at radius 1 is 1.13 bits per heavy atom. The highest BCUT2D eigenvalue weighted by atomic mass is 32.1. The first-order valence-electron chi connectivity index (χ1n) is 12.6. The summed E-state index contributed by atoms with van der Waals surface area (Å²) in [5, 5.41) is 6.81. The Labute approximate surface area is 222 Å². The number of amides is 1. The first-order valence-corrected chi connectivity index (χ1v) is 13.4. The van der Waals surface area contributed by atoms with Crippen molar-refractivity contribution in [3.05, 3.63) is 50.4 Å². The number of nitrogens with one attached hydrogen (secondary N) is 2. The molecule has 0 radical (unpaired) electrons. The maximum Gasteiger partial charge on any atom is 0.331 e. The van der Waals surface area contributed by atoms with Crippen molar-refractivity contribution in [2.75, 3.05) is 23.3 Å². The Bertz CT molecular complexity index is 1650. The van der Waals surface area contributed by atoms with Crippen LogP contribution in [0.1, 0.15) is 30.7 Å². The van der Waals surface area contributed by atoms with Crippen LogP contribution in [0, 0.1) is 6.92 Å². The Balaban J connectivity index is 1.22. The topological polar surface area (TPSA) is 132 Å². The van der Waals surface area contributed by atoms with E-state index in [1.54, 1.807) is 43.2 Å². The summed E-state index contributed by atoms with van der Waals surface area (Å²) < 4.78 is 4.03. The lowest BCUT2D eigenvalue weighted by atomic mass is 10.2. The third-order valence-corrected chi connectivity index (χ3v) is 8.57. The molecule has 198 valence electrons. The predicted octanol–water partition coefficient (Wildman–Crippen LogP) is 1.40. The van der Waals surface area contributed by atoms with E-state index in [-0.39, 0.29) is 5.91 Å². The Morgan fingerprint density at radius 2 is 1.82 bits per heavy atom. The number of thiazole rings is 1. The van der Waals surface area contributed by atoms with Crippen molar-refractivity contribution in [1.29, 1.82) is 0 Å². The molecule has 0 aromatic carbocycles. The van der Waals surface area contributed by atoms with E-state index in [0.29, 0.717) is 28.2 Å². The number of nitrogens with zero attached hydrogens (tertiary/aromatic N) is 7. The molecule has 6 heterocycles. The second kappa shape index (κ2) is 9.17. The molecule has 12 nitrogen and oxygen atoms in total. The van der Waals surface area contributed by atoms with Crippen molar-refractivity contribution in [2.24, 2.45) is 14.1 Å². The number of carbonyl (C=O) groups is 1. The molecule has 4 aromatic heterocycles. The van der Waals surface area contributed by atoms with Crippen LogP contribution in [0.4, 0.5) is 11.1 Å². The van der Waals surface area contributed by atoms with Gasteiger partial charge in [-0.1, -0.05) is 0 Å². The molecule has 2 fully saturated rings. The second-order valence-electron chi connectivity index (χ2n) is 9.97. The van der Waals surface area contributed by atoms with Crippen LogP contribution in [0.25, 0.3) is 22.3 Å². The van der Waals surface area contributed by atoms with E-state index in [2.05, 4.69) is 30.5 Å². The van der Waals surface area contributed by atoms with Gasteiger partial charge in [-0.15, -0.1) is 11.3 Å². The van der Waals surface area contributed by atoms with Gasteiger partial charge in [0.2, 0.25) is 11.9 Å². The Morgan fingerprint density at radius 3 is 2.50 bits per heavy atom. The van der Waals surface area contributed by atoms with Gasteiger partial charge in [-0.25, -0.2) is 19.7 Å². The maximum atomic E-state index is 13.2. The highest BCUT2D eigenvalue weighted by molar-refractivity contribution is 7.16. The number of aromatic nitrogens is 6. The predicted molar refractivity (Wildman–Crippen MR) is 146 cm³/mol. The molecular weight excluding hydrogens is 506 g/mol. The molecule has 2 bridgehead atoms. The van der Waals surface area contributed by atoms with E-state index in [1.807, 2.05) is 6.92 Å². The summed E-state index contributed by atoms with van der Waals surface area (Å²) in [4.78, 5) is 55.5. The number of hydrogen-bond acceptors (Lipinski definition) is 9. The minimum absolute atomic E-state index is 0.295. The van der Waals surface area contributed by atoms with Crippen LogP contribution >= 0.6 is 11.3 Å². The SMILES string of the molecule is Cc1sc(NC(=O)[C@H](C)n2ccc3c2c(=O)n(C)c(=O)n3C)nc1-c1cnc(N2C3CCC2CNC3)nc1. The third-order valence-electron chi connectivity index (χ3n) is 7.68. The summed E-state index contributed by atoms with van der Waals surface area (Å²) in [7, 11) is 3.03. The molecule has 2 N–H and O–H groups in total. The molecular formula is C25H29N9O3S. The van der Waals surface area contributed by atoms with Gasteiger partial charge in [0.25, 0.3) is 5.56 Å². The summed E-state index contributed by atoms with van der Waals surface area (Å²) in [5.74, 6) is 0.431. The smallest absolute Gasteiger partial charge is 0.331 e. The van der Waals surface area contributed by atoms with Crippen molar-refractivity contribution in [3.8, 4) is 11.3 Å². The molecule has 4 aromatic rings. The number of anilines is 2. The monoisotopic (exact) mass is 535 g/mol. The zero-order valence-electron chi connectivity index (χ0n) is 21.6. The van der Waals surface area contributed by atoms with E-state index in [9.17, 15) is 14.4 Å². The van der Waals surface area contributed by atoms with Crippen LogP contribution in [0.5, 0.6) is 0 Å². The fraction of sp³-hybridized carbons (Fsp3) is 0.440. The minimum atomic E-state index is -0.706. The zero-order valence-corrected chi connectivity index (χ0v) is 22.4. The van der Waals surface area contributed by atoms with Crippen molar-refractivity contribution in [1.82, 2.24) is 34.0 Å². The van der Waals surface area contributed by atoms with Crippen molar-refractivity contribution in [2.45, 2.75) is 44.8 Å². The molecule has 38 heavy (non-hydrogen) atoms. The summed E-state index contributed by atoms with van der Waals surface area (Å²) in [6.45, 7) is 5.57. The first kappa shape index (κ1) is 24.5. The van der Waals surface area contributed by atoms with Crippen LogP contribution in [0.3, 0.4) is 0 Å². The molecule has 2 unspecified atom stereocenters. The van der Waals surface area contributed by atoms with E-state index < -0.39 is 17.3 Å². The maximum absolute atomic E-state index is 13.2. The molecule has 2 saturated heterocycles. The van der Waals surface area contributed by atoms with Crippen molar-refractivity contribution >= 4 is 39.4 Å². The standard InChI is InChI=1S/C25H29N9O3S/c1-13(33-8-7-18-20(33)22(36)32(4)25(37)31(18)3)21(35)30-24-29-19(14(2)38-24)15-9-27-23(28-10-15)34-16-5-6-17(34)12-26-11-16/h7-10,13,16-17,26H,5-6,11-12H2,1-4H3,(H,29,30,35)/t13-,16?,17?/m0/s1. The summed E-state index contributed by atoms with van der Waals surface area (Å²) in [6, 6.07) is 1.84. The largest absolute Gasteiger partial charge is 0.332 e. The first-order chi connectivity index (χ1) is 18.2. The van der Waals surface area contributed by atoms with Crippen LogP contribution in [-0.4, -0.2) is 59.7 Å². The number of rotatable bonds is 5. The number of fused-ring (bicyclic) bond motifs is 3. The van der Waals surface area contributed by atoms with Gasteiger partial charge in [-0.05, 0) is 32.8 Å². The molecule has 0 aliphatic carbocycles. The van der Waals surface area contributed by atoms with Crippen molar-refractivity contribution in [3.63, 3.8) is 0 Å². The normalized spacial score (nSPS) is 19.7. The van der Waals surface area contributed by atoms with Gasteiger partial charge in [0, 0.05) is 68.3 Å². The molecule has 1 amide bonds. The average Bonchev–Trinajstić information content (AvgIpc) is 3.59. The lowest BCUT2D eigenvalue weighted by molar-refractivity contribution is -0.118. The quantitative estimate of drug-likeness (QED) is 0.392. The highest BCUT2D eigenvalue weighted by Crippen LogP contribution is 2.33. The summed E-state index contributed by atoms with van der Waals surface area (Å²) in [5.41, 5.74) is 1.42. The fourth-order valence-corrected chi connectivity index (χ4v) is 6.40. The minimum Gasteiger partial charge on any atom is -0.332 e. The molecule has 6 rings (SSSR count). The third kappa shape index (κ3) is 3.84. The second-order valence-corrected chi connectivity index (χ2v) is 11.2. The lowest BCUT2D eigenvalue weighted by Gasteiger charge is -2.35. The van der Waals surface area contributed by atoms with Gasteiger partial charge in [0.1, 0.15) is 11.6 Å². The van der Waals surface area contributed by atoms with Crippen LogP contribution in [0.15, 0.2) is 34.2 Å². The van der Waals surface area contributed by atoms with Crippen LogP contribution in [-0.2, 0) is 18.9 Å². The molecule has 2 aliphatic heterocycles. The Hall–Kier alpha value is -3.84. The molecule has 13 heteroatoms. The molecule has 2 aliphatic rings. The van der Waals surface area contributed by atoms with Gasteiger partial charge in [0.05, 0.1) is 11.2 Å². The van der Waals surface area contributed by atoms with Crippen molar-refractivity contribution < 1.29 is 4.79 Å². The Kier molecular flexibility index (Phi) is 5.91. The fourth-order valence-electron chi connectivity index (χ4n) is 5.56. The molecule has 0 spiro atoms. The summed E-state index contributed by atoms with van der Waals surface area (Å²) in [6.07, 6.45) is 7.55. The molecule has 0 saturated carbocycles. The van der Waals surface area contributed by atoms with Gasteiger partial charge in [-0.2, -0.15) is 0 Å². The van der Waals surface area contributed by atoms with Gasteiger partial charge < -0.3 is 20.1 Å². The average molecular weight is 536 g/mol. The van der Waals surface area contributed by atoms with Gasteiger partial charge in [-0.3, -0.25) is 18.7 Å². The summed E-state index contributed by atoms with van der Waals surface area (Å²) >= 11 is 1.37.